The third kappa shape index (κ3) is 4.53. The minimum absolute atomic E-state index is 0.113. The van der Waals surface area contributed by atoms with Gasteiger partial charge in [0.1, 0.15) is 0 Å². The molecule has 6 atom stereocenters. The standard InChI is InChI=1S/C33H41F5O3/c1-5-20-6-8-21(9-7-20)23-16-29(4)24(10-11-26(29)32(34,35)33(36,37)38)22-12-14-30(39)17-31(15-13-25(30)27(22)23)40-18-28(2,3)19-41-31/h5-9,22-24,26,39H,1,10-19H2,2-4H3/t22?,23?,24?,26?,29-,30?/m0/s1. The zero-order chi connectivity index (χ0) is 29.6. The molecule has 0 amide bonds. The predicted molar refractivity (Wildman–Crippen MR) is 146 cm³/mol. The predicted octanol–water partition coefficient (Wildman–Crippen LogP) is 8.44. The third-order valence-corrected chi connectivity index (χ3v) is 11.3. The first kappa shape index (κ1) is 29.3. The Hall–Kier alpha value is -1.77. The maximum Gasteiger partial charge on any atom is 0.453 e. The van der Waals surface area contributed by atoms with Crippen LogP contribution < -0.4 is 0 Å². The fraction of sp³-hybridized carbons (Fsp3) is 0.697. The number of aliphatic hydroxyl groups is 1. The van der Waals surface area contributed by atoms with Gasteiger partial charge in [0.2, 0.25) is 0 Å². The quantitative estimate of drug-likeness (QED) is 0.288. The minimum atomic E-state index is -5.59. The molecule has 4 aliphatic carbocycles. The number of hydrogen-bond acceptors (Lipinski definition) is 3. The average Bonchev–Trinajstić information content (AvgIpc) is 3.26. The Labute approximate surface area is 239 Å². The highest BCUT2D eigenvalue weighted by Crippen LogP contribution is 2.70. The topological polar surface area (TPSA) is 38.7 Å². The lowest BCUT2D eigenvalue weighted by atomic mass is 9.50. The number of allylic oxidation sites excluding steroid dienone is 1. The van der Waals surface area contributed by atoms with Crippen LogP contribution >= 0.6 is 0 Å². The van der Waals surface area contributed by atoms with Gasteiger partial charge in [0, 0.05) is 30.1 Å². The molecule has 8 heteroatoms. The van der Waals surface area contributed by atoms with Crippen molar-refractivity contribution in [2.75, 3.05) is 13.2 Å². The van der Waals surface area contributed by atoms with Crippen molar-refractivity contribution in [3.8, 4) is 0 Å². The average molecular weight is 581 g/mol. The minimum Gasteiger partial charge on any atom is -0.385 e. The van der Waals surface area contributed by atoms with E-state index < -0.39 is 34.8 Å². The molecule has 226 valence electrons. The van der Waals surface area contributed by atoms with E-state index in [-0.39, 0.29) is 36.0 Å². The molecule has 1 aliphatic heterocycles. The number of halogens is 5. The van der Waals surface area contributed by atoms with Crippen LogP contribution in [0.1, 0.15) is 89.2 Å². The lowest BCUT2D eigenvalue weighted by Gasteiger charge is -2.58. The highest BCUT2D eigenvalue weighted by molar-refractivity contribution is 5.50. The van der Waals surface area contributed by atoms with Crippen LogP contribution in [0.15, 0.2) is 42.0 Å². The molecule has 6 rings (SSSR count). The Balaban J connectivity index is 1.43. The van der Waals surface area contributed by atoms with Crippen LogP contribution in [0, 0.1) is 28.6 Å². The summed E-state index contributed by atoms with van der Waals surface area (Å²) in [7, 11) is 0. The summed E-state index contributed by atoms with van der Waals surface area (Å²) in [4.78, 5) is 0. The van der Waals surface area contributed by atoms with Gasteiger partial charge in [-0.25, -0.2) is 0 Å². The van der Waals surface area contributed by atoms with Gasteiger partial charge in [0.25, 0.3) is 0 Å². The fourth-order valence-corrected chi connectivity index (χ4v) is 9.21. The van der Waals surface area contributed by atoms with Crippen LogP contribution in [-0.4, -0.2) is 41.8 Å². The smallest absolute Gasteiger partial charge is 0.385 e. The van der Waals surface area contributed by atoms with Gasteiger partial charge in [-0.1, -0.05) is 63.3 Å². The first-order valence-electron chi connectivity index (χ1n) is 14.9. The molecule has 1 saturated heterocycles. The largest absolute Gasteiger partial charge is 0.453 e. The van der Waals surface area contributed by atoms with Gasteiger partial charge in [-0.15, -0.1) is 0 Å². The number of rotatable bonds is 3. The van der Waals surface area contributed by atoms with E-state index in [4.69, 9.17) is 9.47 Å². The van der Waals surface area contributed by atoms with E-state index >= 15 is 8.78 Å². The molecule has 3 nitrogen and oxygen atoms in total. The van der Waals surface area contributed by atoms with Crippen molar-refractivity contribution < 1.29 is 36.5 Å². The van der Waals surface area contributed by atoms with E-state index in [1.807, 2.05) is 24.3 Å². The van der Waals surface area contributed by atoms with Crippen molar-refractivity contribution in [3.05, 3.63) is 53.1 Å². The van der Waals surface area contributed by atoms with Crippen molar-refractivity contribution in [3.63, 3.8) is 0 Å². The van der Waals surface area contributed by atoms with E-state index in [9.17, 15) is 18.3 Å². The molecular weight excluding hydrogens is 539 g/mol. The number of hydrogen-bond donors (Lipinski definition) is 1. The number of alkyl halides is 5. The summed E-state index contributed by atoms with van der Waals surface area (Å²) in [6.07, 6.45) is -1.10. The monoisotopic (exact) mass is 580 g/mol. The van der Waals surface area contributed by atoms with Crippen LogP contribution in [0.25, 0.3) is 6.08 Å². The highest BCUT2D eigenvalue weighted by atomic mass is 19.4. The molecule has 0 aromatic heterocycles. The Morgan fingerprint density at radius 1 is 0.951 bits per heavy atom. The molecule has 5 unspecified atom stereocenters. The van der Waals surface area contributed by atoms with Gasteiger partial charge in [-0.3, -0.25) is 0 Å². The van der Waals surface area contributed by atoms with Gasteiger partial charge in [0.05, 0.1) is 18.8 Å². The zero-order valence-corrected chi connectivity index (χ0v) is 24.1. The summed E-state index contributed by atoms with van der Waals surface area (Å²) in [6.45, 7) is 10.7. The SMILES string of the molecule is C=Cc1ccc(C2C[C@@]3(C)C(CCC3C(F)(F)C(F)(F)F)C3CCC4(O)CC5(CCC4=C23)OCC(C)(C)CO5)cc1. The molecular formula is C33H41F5O3. The van der Waals surface area contributed by atoms with Gasteiger partial charge < -0.3 is 14.6 Å². The summed E-state index contributed by atoms with van der Waals surface area (Å²) in [6, 6.07) is 7.69. The summed E-state index contributed by atoms with van der Waals surface area (Å²) >= 11 is 0. The van der Waals surface area contributed by atoms with E-state index in [1.54, 1.807) is 13.0 Å². The third-order valence-electron chi connectivity index (χ3n) is 11.3. The molecule has 3 saturated carbocycles. The maximum absolute atomic E-state index is 15.1. The van der Waals surface area contributed by atoms with Gasteiger partial charge in [-0.05, 0) is 72.5 Å². The van der Waals surface area contributed by atoms with E-state index in [1.165, 1.54) is 0 Å². The van der Waals surface area contributed by atoms with Crippen molar-refractivity contribution in [1.82, 2.24) is 0 Å². The van der Waals surface area contributed by atoms with Crippen molar-refractivity contribution in [1.29, 1.82) is 0 Å². The second-order valence-electron chi connectivity index (χ2n) is 14.4. The molecule has 5 aliphatic rings. The fourth-order valence-electron chi connectivity index (χ4n) is 9.21. The van der Waals surface area contributed by atoms with Crippen LogP contribution in [0.2, 0.25) is 0 Å². The van der Waals surface area contributed by atoms with Gasteiger partial charge in [0.15, 0.2) is 5.79 Å². The van der Waals surface area contributed by atoms with Crippen LogP contribution in [0.4, 0.5) is 22.0 Å². The molecule has 1 heterocycles. The first-order valence-corrected chi connectivity index (χ1v) is 14.9. The first-order chi connectivity index (χ1) is 19.0. The van der Waals surface area contributed by atoms with Crippen LogP contribution in [0.5, 0.6) is 0 Å². The van der Waals surface area contributed by atoms with Crippen molar-refractivity contribution >= 4 is 6.08 Å². The van der Waals surface area contributed by atoms with Crippen molar-refractivity contribution in [2.45, 2.75) is 102 Å². The number of fused-ring (bicyclic) bond motifs is 4. The normalized spacial score (nSPS) is 38.3. The van der Waals surface area contributed by atoms with E-state index in [0.717, 1.165) is 22.3 Å². The van der Waals surface area contributed by atoms with E-state index in [0.29, 0.717) is 51.7 Å². The summed E-state index contributed by atoms with van der Waals surface area (Å²) in [5, 5.41) is 12.2. The molecule has 1 N–H and O–H groups in total. The second-order valence-corrected chi connectivity index (χ2v) is 14.4. The van der Waals surface area contributed by atoms with Crippen LogP contribution in [0.3, 0.4) is 0 Å². The maximum atomic E-state index is 15.1. The summed E-state index contributed by atoms with van der Waals surface area (Å²) < 4.78 is 83.9. The zero-order valence-electron chi connectivity index (χ0n) is 24.1. The molecule has 1 spiro atoms. The second kappa shape index (κ2) is 9.36. The van der Waals surface area contributed by atoms with Gasteiger partial charge >= 0.3 is 12.1 Å². The molecule has 41 heavy (non-hydrogen) atoms. The van der Waals surface area contributed by atoms with Crippen LogP contribution in [-0.2, 0) is 9.47 Å². The Morgan fingerprint density at radius 2 is 1.61 bits per heavy atom. The number of benzene rings is 1. The van der Waals surface area contributed by atoms with Gasteiger partial charge in [-0.2, -0.15) is 22.0 Å². The van der Waals surface area contributed by atoms with Crippen molar-refractivity contribution in [2.24, 2.45) is 28.6 Å². The molecule has 0 bridgehead atoms. The lowest BCUT2D eigenvalue weighted by molar-refractivity contribution is -0.323. The molecule has 1 aromatic carbocycles. The lowest BCUT2D eigenvalue weighted by Crippen LogP contribution is -2.58. The molecule has 1 aromatic rings. The molecule has 0 radical (unpaired) electrons. The molecule has 4 fully saturated rings. The Kier molecular flexibility index (Phi) is 6.69. The number of ether oxygens (including phenoxy) is 2. The summed E-state index contributed by atoms with van der Waals surface area (Å²) in [5.41, 5.74) is 1.32. The van der Waals surface area contributed by atoms with E-state index in [2.05, 4.69) is 20.4 Å². The summed E-state index contributed by atoms with van der Waals surface area (Å²) in [5.74, 6) is -8.19. The Morgan fingerprint density at radius 3 is 2.22 bits per heavy atom. The Bertz CT molecular complexity index is 1220. The highest BCUT2D eigenvalue weighted by Gasteiger charge is 2.71.